The number of hydrogen-bond acceptors (Lipinski definition) is 3. The maximum atomic E-state index is 12.2. The molecule has 2 rings (SSSR count). The number of hydrogen-bond donors (Lipinski definition) is 1. The summed E-state index contributed by atoms with van der Waals surface area (Å²) in [5.41, 5.74) is 0. The Balaban J connectivity index is 1.93. The Morgan fingerprint density at radius 1 is 1.05 bits per heavy atom. The maximum Gasteiger partial charge on any atom is 0.323 e. The van der Waals surface area contributed by atoms with E-state index in [0.29, 0.717) is 18.6 Å². The second-order valence-electron chi connectivity index (χ2n) is 6.13. The van der Waals surface area contributed by atoms with Gasteiger partial charge in [-0.15, -0.1) is 0 Å². The Labute approximate surface area is 117 Å². The average Bonchev–Trinajstić information content (AvgIpc) is 2.80. The van der Waals surface area contributed by atoms with Gasteiger partial charge in [0.15, 0.2) is 0 Å². The van der Waals surface area contributed by atoms with Crippen LogP contribution in [0.25, 0.3) is 0 Å². The van der Waals surface area contributed by atoms with Gasteiger partial charge in [0, 0.05) is 6.04 Å². The summed E-state index contributed by atoms with van der Waals surface area (Å²) in [4.78, 5) is 12.2. The fourth-order valence-electron chi connectivity index (χ4n) is 3.62. The van der Waals surface area contributed by atoms with E-state index in [0.717, 1.165) is 0 Å². The summed E-state index contributed by atoms with van der Waals surface area (Å²) >= 11 is 0. The van der Waals surface area contributed by atoms with Crippen molar-refractivity contribution in [3.8, 4) is 0 Å². The highest BCUT2D eigenvalue weighted by molar-refractivity contribution is 5.76. The fourth-order valence-corrected chi connectivity index (χ4v) is 3.62. The third kappa shape index (κ3) is 4.48. The first-order valence-electron chi connectivity index (χ1n) is 8.24. The highest BCUT2D eigenvalue weighted by Gasteiger charge is 2.33. The predicted octanol–water partition coefficient (Wildman–Crippen LogP) is 3.42. The Kier molecular flexibility index (Phi) is 6.15. The number of ether oxygens (including phenoxy) is 1. The van der Waals surface area contributed by atoms with E-state index >= 15 is 0 Å². The molecule has 2 fully saturated rings. The van der Waals surface area contributed by atoms with Crippen LogP contribution in [0.4, 0.5) is 0 Å². The second-order valence-corrected chi connectivity index (χ2v) is 6.13. The van der Waals surface area contributed by atoms with Gasteiger partial charge in [0.05, 0.1) is 6.61 Å². The molecular formula is C16H29NO2. The Morgan fingerprint density at radius 2 is 1.63 bits per heavy atom. The van der Waals surface area contributed by atoms with Gasteiger partial charge in [-0.05, 0) is 38.5 Å². The molecular weight excluding hydrogens is 238 g/mol. The maximum absolute atomic E-state index is 12.2. The SMILES string of the molecule is CCOC(=O)C(NC1CCCCCC1)C1CCCC1. The standard InChI is InChI=1S/C16H29NO2/c1-2-19-16(18)15(13-9-7-8-10-13)17-14-11-5-3-4-6-12-14/h13-15,17H,2-12H2,1H3. The van der Waals surface area contributed by atoms with Crippen LogP contribution < -0.4 is 5.32 Å². The van der Waals surface area contributed by atoms with Gasteiger partial charge in [-0.1, -0.05) is 38.5 Å². The second kappa shape index (κ2) is 7.88. The number of rotatable bonds is 5. The van der Waals surface area contributed by atoms with Gasteiger partial charge in [-0.3, -0.25) is 4.79 Å². The topological polar surface area (TPSA) is 38.3 Å². The molecule has 1 unspecified atom stereocenters. The summed E-state index contributed by atoms with van der Waals surface area (Å²) in [6.45, 7) is 2.39. The molecule has 0 bridgehead atoms. The monoisotopic (exact) mass is 267 g/mol. The van der Waals surface area contributed by atoms with Crippen molar-refractivity contribution < 1.29 is 9.53 Å². The highest BCUT2D eigenvalue weighted by Crippen LogP contribution is 2.29. The summed E-state index contributed by atoms with van der Waals surface area (Å²) in [6.07, 6.45) is 12.7. The van der Waals surface area contributed by atoms with Gasteiger partial charge in [-0.2, -0.15) is 0 Å². The van der Waals surface area contributed by atoms with Crippen LogP contribution in [0, 0.1) is 5.92 Å². The zero-order valence-electron chi connectivity index (χ0n) is 12.3. The van der Waals surface area contributed by atoms with Crippen molar-refractivity contribution in [2.75, 3.05) is 6.61 Å². The number of carbonyl (C=O) groups excluding carboxylic acids is 1. The van der Waals surface area contributed by atoms with Crippen LogP contribution in [0.3, 0.4) is 0 Å². The van der Waals surface area contributed by atoms with E-state index in [-0.39, 0.29) is 12.0 Å². The zero-order chi connectivity index (χ0) is 13.5. The van der Waals surface area contributed by atoms with E-state index in [2.05, 4.69) is 5.32 Å². The first-order chi connectivity index (χ1) is 9.31. The molecule has 2 aliphatic carbocycles. The van der Waals surface area contributed by atoms with Crippen molar-refractivity contribution in [2.45, 2.75) is 83.2 Å². The predicted molar refractivity (Wildman–Crippen MR) is 77.0 cm³/mol. The van der Waals surface area contributed by atoms with Gasteiger partial charge in [0.25, 0.3) is 0 Å². The molecule has 1 N–H and O–H groups in total. The van der Waals surface area contributed by atoms with Gasteiger partial charge >= 0.3 is 5.97 Å². The van der Waals surface area contributed by atoms with Crippen molar-refractivity contribution in [1.82, 2.24) is 5.32 Å². The first-order valence-corrected chi connectivity index (χ1v) is 8.24. The van der Waals surface area contributed by atoms with Crippen LogP contribution in [0.15, 0.2) is 0 Å². The Hall–Kier alpha value is -0.570. The fraction of sp³-hybridized carbons (Fsp3) is 0.938. The van der Waals surface area contributed by atoms with Crippen molar-refractivity contribution in [2.24, 2.45) is 5.92 Å². The van der Waals surface area contributed by atoms with Crippen molar-refractivity contribution in [3.05, 3.63) is 0 Å². The molecule has 19 heavy (non-hydrogen) atoms. The smallest absolute Gasteiger partial charge is 0.323 e. The molecule has 0 aromatic carbocycles. The number of carbonyl (C=O) groups is 1. The molecule has 0 aromatic rings. The van der Waals surface area contributed by atoms with E-state index in [9.17, 15) is 4.79 Å². The van der Waals surface area contributed by atoms with Crippen LogP contribution in [0.1, 0.15) is 71.1 Å². The molecule has 1 atom stereocenters. The Morgan fingerprint density at radius 3 is 2.21 bits per heavy atom. The lowest BCUT2D eigenvalue weighted by Crippen LogP contribution is -2.48. The molecule has 0 aliphatic heterocycles. The lowest BCUT2D eigenvalue weighted by Gasteiger charge is -2.27. The molecule has 3 heteroatoms. The van der Waals surface area contributed by atoms with Gasteiger partial charge in [0.2, 0.25) is 0 Å². The highest BCUT2D eigenvalue weighted by atomic mass is 16.5. The molecule has 0 spiro atoms. The molecule has 0 radical (unpaired) electrons. The zero-order valence-corrected chi connectivity index (χ0v) is 12.3. The average molecular weight is 267 g/mol. The third-order valence-corrected chi connectivity index (χ3v) is 4.68. The van der Waals surface area contributed by atoms with E-state index in [1.165, 1.54) is 64.2 Å². The third-order valence-electron chi connectivity index (χ3n) is 4.68. The normalized spacial score (nSPS) is 24.1. The molecule has 110 valence electrons. The lowest BCUT2D eigenvalue weighted by molar-refractivity contribution is -0.147. The molecule has 0 aromatic heterocycles. The quantitative estimate of drug-likeness (QED) is 0.612. The van der Waals surface area contributed by atoms with Gasteiger partial charge < -0.3 is 10.1 Å². The van der Waals surface area contributed by atoms with Crippen LogP contribution >= 0.6 is 0 Å². The number of nitrogens with one attached hydrogen (secondary N) is 1. The molecule has 0 heterocycles. The van der Waals surface area contributed by atoms with E-state index in [1.807, 2.05) is 6.92 Å². The van der Waals surface area contributed by atoms with E-state index < -0.39 is 0 Å². The minimum absolute atomic E-state index is 0.0151. The minimum atomic E-state index is -0.0504. The summed E-state index contributed by atoms with van der Waals surface area (Å²) in [7, 11) is 0. The largest absolute Gasteiger partial charge is 0.465 e. The molecule has 2 aliphatic rings. The molecule has 3 nitrogen and oxygen atoms in total. The lowest BCUT2D eigenvalue weighted by atomic mass is 9.96. The molecule has 0 saturated heterocycles. The molecule has 0 amide bonds. The summed E-state index contributed by atoms with van der Waals surface area (Å²) < 4.78 is 5.29. The van der Waals surface area contributed by atoms with Crippen molar-refractivity contribution in [1.29, 1.82) is 0 Å². The summed E-state index contributed by atoms with van der Waals surface area (Å²) in [6, 6.07) is 0.475. The van der Waals surface area contributed by atoms with Crippen LogP contribution in [0.2, 0.25) is 0 Å². The summed E-state index contributed by atoms with van der Waals surface area (Å²) in [5.74, 6) is 0.487. The first kappa shape index (κ1) is 14.8. The van der Waals surface area contributed by atoms with E-state index in [4.69, 9.17) is 4.74 Å². The number of esters is 1. The Bertz CT molecular complexity index is 266. The van der Waals surface area contributed by atoms with Gasteiger partial charge in [0.1, 0.15) is 6.04 Å². The summed E-state index contributed by atoms with van der Waals surface area (Å²) in [5, 5.41) is 3.65. The van der Waals surface area contributed by atoms with Crippen LogP contribution in [0.5, 0.6) is 0 Å². The van der Waals surface area contributed by atoms with Gasteiger partial charge in [-0.25, -0.2) is 0 Å². The van der Waals surface area contributed by atoms with Crippen LogP contribution in [-0.4, -0.2) is 24.7 Å². The van der Waals surface area contributed by atoms with Crippen molar-refractivity contribution in [3.63, 3.8) is 0 Å². The van der Waals surface area contributed by atoms with Crippen LogP contribution in [-0.2, 0) is 9.53 Å². The van der Waals surface area contributed by atoms with Crippen molar-refractivity contribution >= 4 is 5.97 Å². The minimum Gasteiger partial charge on any atom is -0.465 e. The van der Waals surface area contributed by atoms with E-state index in [1.54, 1.807) is 0 Å². The molecule has 2 saturated carbocycles.